The highest BCUT2D eigenvalue weighted by atomic mass is 79.9. The van der Waals surface area contributed by atoms with E-state index in [1.807, 2.05) is 0 Å². The molecule has 5 nitrogen and oxygen atoms in total. The zero-order chi connectivity index (χ0) is 12.5. The number of aromatic hydroxyl groups is 1. The second-order valence-electron chi connectivity index (χ2n) is 3.30. The molecule has 1 heterocycles. The van der Waals surface area contributed by atoms with Gasteiger partial charge in [-0.15, -0.1) is 0 Å². The van der Waals surface area contributed by atoms with Crippen molar-refractivity contribution in [3.05, 3.63) is 35.4 Å². The van der Waals surface area contributed by atoms with Gasteiger partial charge in [-0.05, 0) is 28.1 Å². The number of halogens is 1. The molecule has 0 atom stereocenters. The molecule has 1 aliphatic rings. The quantitative estimate of drug-likeness (QED) is 0.922. The van der Waals surface area contributed by atoms with E-state index in [1.54, 1.807) is 12.1 Å². The number of ether oxygens (including phenoxy) is 1. The molecule has 0 radical (unpaired) electrons. The van der Waals surface area contributed by atoms with E-state index in [-0.39, 0.29) is 16.3 Å². The average Bonchev–Trinajstić information content (AvgIpc) is 2.50. The van der Waals surface area contributed by atoms with Crippen molar-refractivity contribution in [3.63, 3.8) is 0 Å². The number of benzene rings is 1. The summed E-state index contributed by atoms with van der Waals surface area (Å²) in [5.41, 5.74) is 0.306. The summed E-state index contributed by atoms with van der Waals surface area (Å²) in [5.74, 6) is 0.529. The predicted octanol–water partition coefficient (Wildman–Crippen LogP) is 1.79. The molecule has 0 fully saturated rings. The Balaban J connectivity index is 2.06. The zero-order valence-electron chi connectivity index (χ0n) is 8.50. The number of rotatable bonds is 3. The van der Waals surface area contributed by atoms with Gasteiger partial charge in [0, 0.05) is 6.07 Å². The molecule has 1 aliphatic heterocycles. The maximum absolute atomic E-state index is 11.3. The molecule has 1 N–H and O–H groups in total. The van der Waals surface area contributed by atoms with E-state index in [1.165, 1.54) is 12.1 Å². The highest BCUT2D eigenvalue weighted by Gasteiger charge is 2.22. The lowest BCUT2D eigenvalue weighted by molar-refractivity contribution is 0.348. The molecule has 0 spiro atoms. The Labute approximate surface area is 106 Å². The lowest BCUT2D eigenvalue weighted by Crippen LogP contribution is -1.99. The molecule has 0 saturated heterocycles. The van der Waals surface area contributed by atoms with Gasteiger partial charge in [-0.1, -0.05) is 6.07 Å². The summed E-state index contributed by atoms with van der Waals surface area (Å²) in [6.45, 7) is 0.0256. The lowest BCUT2D eigenvalue weighted by atomic mass is 10.3. The summed E-state index contributed by atoms with van der Waals surface area (Å²) in [5, 5.41) is 10.2. The molecule has 1 aromatic rings. The monoisotopic (exact) mass is 317 g/mol. The van der Waals surface area contributed by atoms with Crippen LogP contribution in [0.1, 0.15) is 0 Å². The predicted molar refractivity (Wildman–Crippen MR) is 67.0 cm³/mol. The van der Waals surface area contributed by atoms with Crippen LogP contribution in [-0.4, -0.2) is 24.1 Å². The summed E-state index contributed by atoms with van der Waals surface area (Å²) < 4.78 is 27.8. The van der Waals surface area contributed by atoms with E-state index in [0.717, 1.165) is 5.41 Å². The van der Waals surface area contributed by atoms with E-state index >= 15 is 0 Å². The van der Waals surface area contributed by atoms with Crippen LogP contribution in [0.5, 0.6) is 11.5 Å². The van der Waals surface area contributed by atoms with Crippen molar-refractivity contribution < 1.29 is 18.3 Å². The average molecular weight is 318 g/mol. The molecule has 7 heteroatoms. The van der Waals surface area contributed by atoms with E-state index < -0.39 is 9.84 Å². The lowest BCUT2D eigenvalue weighted by Gasteiger charge is -2.04. The van der Waals surface area contributed by atoms with Crippen LogP contribution in [0.15, 0.2) is 40.4 Å². The smallest absolute Gasteiger partial charge is 0.225 e. The Morgan fingerprint density at radius 3 is 2.76 bits per heavy atom. The summed E-state index contributed by atoms with van der Waals surface area (Å²) in [4.78, 5) is 3.80. The Kier molecular flexibility index (Phi) is 3.21. The van der Waals surface area contributed by atoms with E-state index in [2.05, 4.69) is 20.9 Å². The Bertz CT molecular complexity index is 606. The van der Waals surface area contributed by atoms with Crippen LogP contribution >= 0.6 is 15.9 Å². The molecular weight excluding hydrogens is 310 g/mol. The second kappa shape index (κ2) is 4.50. The highest BCUT2D eigenvalue weighted by molar-refractivity contribution is 9.21. The molecule has 0 aromatic heterocycles. The molecule has 90 valence electrons. The number of aliphatic imine (C=N–C) groups is 1. The number of hydrogen-bond donors (Lipinski definition) is 1. The van der Waals surface area contributed by atoms with Gasteiger partial charge in [0.25, 0.3) is 0 Å². The standard InChI is InChI=1S/C10H8BrNO4S/c11-10-12-7(6-17(10,14)15)5-16-9-3-1-2-8(13)4-9/h1-4,6,13H,5H2. The van der Waals surface area contributed by atoms with Gasteiger partial charge >= 0.3 is 0 Å². The fourth-order valence-electron chi connectivity index (χ4n) is 1.23. The number of hydrogen-bond acceptors (Lipinski definition) is 5. The van der Waals surface area contributed by atoms with Gasteiger partial charge in [0.15, 0.2) is 0 Å². The minimum Gasteiger partial charge on any atom is -0.508 e. The maximum atomic E-state index is 11.3. The third-order valence-electron chi connectivity index (χ3n) is 1.96. The van der Waals surface area contributed by atoms with Crippen molar-refractivity contribution >= 4 is 29.7 Å². The molecule has 1 aromatic carbocycles. The van der Waals surface area contributed by atoms with Crippen molar-refractivity contribution in [3.8, 4) is 11.5 Å². The third-order valence-corrected chi connectivity index (χ3v) is 4.64. The normalized spacial score (nSPS) is 17.5. The van der Waals surface area contributed by atoms with Crippen LogP contribution in [0, 0.1) is 0 Å². The van der Waals surface area contributed by atoms with Gasteiger partial charge in [-0.3, -0.25) is 0 Å². The van der Waals surface area contributed by atoms with E-state index in [4.69, 9.17) is 4.74 Å². The summed E-state index contributed by atoms with van der Waals surface area (Å²) in [6, 6.07) is 6.23. The molecule has 2 rings (SSSR count). The minimum absolute atomic E-state index is 0.0256. The van der Waals surface area contributed by atoms with Gasteiger partial charge in [0.1, 0.15) is 18.1 Å². The summed E-state index contributed by atoms with van der Waals surface area (Å²) in [7, 11) is -3.41. The maximum Gasteiger partial charge on any atom is 0.225 e. The van der Waals surface area contributed by atoms with Crippen LogP contribution < -0.4 is 4.74 Å². The van der Waals surface area contributed by atoms with Crippen LogP contribution in [-0.2, 0) is 9.84 Å². The SMILES string of the molecule is O=S1(=O)C=C(COc2cccc(O)c2)N=C1Br. The summed E-state index contributed by atoms with van der Waals surface area (Å²) >= 11 is 2.85. The Hall–Kier alpha value is -1.34. The van der Waals surface area contributed by atoms with Gasteiger partial charge in [-0.25, -0.2) is 13.4 Å². The van der Waals surface area contributed by atoms with E-state index in [0.29, 0.717) is 11.4 Å². The van der Waals surface area contributed by atoms with Crippen molar-refractivity contribution in [2.45, 2.75) is 0 Å². The molecule has 0 bridgehead atoms. The minimum atomic E-state index is -3.41. The van der Waals surface area contributed by atoms with Crippen LogP contribution in [0.3, 0.4) is 0 Å². The molecular formula is C10H8BrNO4S. The summed E-state index contributed by atoms with van der Waals surface area (Å²) in [6.07, 6.45) is 0. The molecule has 0 saturated carbocycles. The first-order chi connectivity index (χ1) is 7.97. The molecule has 0 aliphatic carbocycles. The third kappa shape index (κ3) is 2.86. The first-order valence-electron chi connectivity index (χ1n) is 4.59. The van der Waals surface area contributed by atoms with Crippen molar-refractivity contribution in [2.24, 2.45) is 4.99 Å². The number of phenolic OH excluding ortho intramolecular Hbond substituents is 1. The first-order valence-corrected chi connectivity index (χ1v) is 6.93. The molecule has 0 unspecified atom stereocenters. The first kappa shape index (κ1) is 12.1. The van der Waals surface area contributed by atoms with Crippen LogP contribution in [0.25, 0.3) is 0 Å². The fraction of sp³-hybridized carbons (Fsp3) is 0.100. The van der Waals surface area contributed by atoms with Gasteiger partial charge in [0.05, 0.1) is 11.1 Å². The molecule has 0 amide bonds. The van der Waals surface area contributed by atoms with Gasteiger partial charge in [0.2, 0.25) is 13.8 Å². The Morgan fingerprint density at radius 2 is 2.18 bits per heavy atom. The van der Waals surface area contributed by atoms with Crippen molar-refractivity contribution in [1.29, 1.82) is 0 Å². The highest BCUT2D eigenvalue weighted by Crippen LogP contribution is 2.21. The number of sulfone groups is 1. The zero-order valence-corrected chi connectivity index (χ0v) is 10.9. The largest absolute Gasteiger partial charge is 0.508 e. The Morgan fingerprint density at radius 1 is 1.41 bits per heavy atom. The second-order valence-corrected chi connectivity index (χ2v) is 6.29. The van der Waals surface area contributed by atoms with Crippen LogP contribution in [0.4, 0.5) is 0 Å². The fourth-order valence-corrected chi connectivity index (χ4v) is 2.56. The molecule has 17 heavy (non-hydrogen) atoms. The van der Waals surface area contributed by atoms with Crippen molar-refractivity contribution in [2.75, 3.05) is 6.61 Å². The topological polar surface area (TPSA) is 76.0 Å². The van der Waals surface area contributed by atoms with Gasteiger partial charge in [-0.2, -0.15) is 0 Å². The number of phenols is 1. The van der Waals surface area contributed by atoms with E-state index in [9.17, 15) is 13.5 Å². The van der Waals surface area contributed by atoms with Gasteiger partial charge < -0.3 is 9.84 Å². The number of nitrogens with zero attached hydrogens (tertiary/aromatic N) is 1. The van der Waals surface area contributed by atoms with Crippen LogP contribution in [0.2, 0.25) is 0 Å². The van der Waals surface area contributed by atoms with Crippen molar-refractivity contribution in [1.82, 2.24) is 0 Å².